The Morgan fingerprint density at radius 1 is 1.32 bits per heavy atom. The van der Waals surface area contributed by atoms with Crippen molar-refractivity contribution in [2.75, 3.05) is 13.1 Å². The van der Waals surface area contributed by atoms with Crippen molar-refractivity contribution in [3.63, 3.8) is 0 Å². The number of likely N-dealkylation sites (tertiary alicyclic amines) is 1. The summed E-state index contributed by atoms with van der Waals surface area (Å²) in [6.45, 7) is 2.16. The fourth-order valence-corrected chi connectivity index (χ4v) is 3.28. The van der Waals surface area contributed by atoms with Gasteiger partial charge in [-0.25, -0.2) is 4.79 Å². The van der Waals surface area contributed by atoms with Crippen LogP contribution in [0.5, 0.6) is 0 Å². The first-order valence-corrected chi connectivity index (χ1v) is 8.20. The van der Waals surface area contributed by atoms with Crippen LogP contribution in [0.25, 0.3) is 0 Å². The highest BCUT2D eigenvalue weighted by Crippen LogP contribution is 2.26. The first-order valence-electron chi connectivity index (χ1n) is 8.20. The highest BCUT2D eigenvalue weighted by molar-refractivity contribution is 5.90. The number of nitrogens with zero attached hydrogens (tertiary/aromatic N) is 4. The molecule has 134 valence electrons. The molecule has 1 aliphatic heterocycles. The average molecular weight is 346 g/mol. The van der Waals surface area contributed by atoms with Gasteiger partial charge in [-0.3, -0.25) is 28.7 Å². The van der Waals surface area contributed by atoms with Gasteiger partial charge >= 0.3 is 5.69 Å². The fraction of sp³-hybridized carbons (Fsp3) is 0.500. The van der Waals surface area contributed by atoms with Gasteiger partial charge in [-0.05, 0) is 25.5 Å². The standard InChI is InChI=1S/C16H22N6O3/c1-20-11(6-14(23)21(2)16(20)25)9-22-5-3-4-10(8-22)12-7-13(15(17)24)19-18-12/h6-7,10H,3-5,8-9H2,1-2H3,(H2,17,24)(H,18,19). The van der Waals surface area contributed by atoms with E-state index in [1.54, 1.807) is 13.1 Å². The summed E-state index contributed by atoms with van der Waals surface area (Å²) < 4.78 is 2.60. The molecule has 25 heavy (non-hydrogen) atoms. The van der Waals surface area contributed by atoms with E-state index in [0.717, 1.165) is 36.2 Å². The Hall–Kier alpha value is -2.68. The van der Waals surface area contributed by atoms with E-state index in [-0.39, 0.29) is 22.9 Å². The number of primary amides is 1. The van der Waals surface area contributed by atoms with Gasteiger partial charge in [0.05, 0.1) is 0 Å². The number of nitrogens with two attached hydrogens (primary N) is 1. The second-order valence-corrected chi connectivity index (χ2v) is 6.52. The van der Waals surface area contributed by atoms with Gasteiger partial charge in [-0.15, -0.1) is 0 Å². The number of carbonyl (C=O) groups excluding carboxylic acids is 1. The molecule has 9 nitrogen and oxygen atoms in total. The molecule has 0 saturated carbocycles. The van der Waals surface area contributed by atoms with E-state index in [2.05, 4.69) is 15.1 Å². The molecule has 1 unspecified atom stereocenters. The number of nitrogens with one attached hydrogen (secondary N) is 1. The van der Waals surface area contributed by atoms with E-state index in [4.69, 9.17) is 5.73 Å². The van der Waals surface area contributed by atoms with Gasteiger partial charge < -0.3 is 5.73 Å². The van der Waals surface area contributed by atoms with Crippen LogP contribution in [0.15, 0.2) is 21.7 Å². The lowest BCUT2D eigenvalue weighted by Crippen LogP contribution is -2.41. The minimum absolute atomic E-state index is 0.206. The Labute approximate surface area is 144 Å². The van der Waals surface area contributed by atoms with Crippen molar-refractivity contribution in [2.45, 2.75) is 25.3 Å². The molecule has 0 aromatic carbocycles. The number of aromatic nitrogens is 4. The molecular weight excluding hydrogens is 324 g/mol. The van der Waals surface area contributed by atoms with E-state index in [0.29, 0.717) is 12.2 Å². The largest absolute Gasteiger partial charge is 0.364 e. The topological polar surface area (TPSA) is 119 Å². The first-order chi connectivity index (χ1) is 11.9. The quantitative estimate of drug-likeness (QED) is 0.758. The third-order valence-corrected chi connectivity index (χ3v) is 4.81. The molecule has 2 aromatic rings. The van der Waals surface area contributed by atoms with E-state index in [9.17, 15) is 14.4 Å². The third-order valence-electron chi connectivity index (χ3n) is 4.81. The number of piperidine rings is 1. The van der Waals surface area contributed by atoms with Crippen LogP contribution in [-0.2, 0) is 20.6 Å². The summed E-state index contributed by atoms with van der Waals surface area (Å²) in [6.07, 6.45) is 1.96. The zero-order chi connectivity index (χ0) is 18.1. The molecule has 1 atom stereocenters. The monoisotopic (exact) mass is 346 g/mol. The number of carbonyl (C=O) groups is 1. The van der Waals surface area contributed by atoms with Crippen molar-refractivity contribution in [1.29, 1.82) is 0 Å². The second kappa shape index (κ2) is 6.67. The lowest BCUT2D eigenvalue weighted by atomic mass is 9.94. The van der Waals surface area contributed by atoms with Gasteiger partial charge in [0.2, 0.25) is 0 Å². The Morgan fingerprint density at radius 3 is 2.76 bits per heavy atom. The molecule has 1 fully saturated rings. The number of hydrogen-bond donors (Lipinski definition) is 2. The predicted octanol–water partition coefficient (Wildman–Crippen LogP) is -0.714. The van der Waals surface area contributed by atoms with Crippen molar-refractivity contribution in [1.82, 2.24) is 24.2 Å². The van der Waals surface area contributed by atoms with E-state index < -0.39 is 5.91 Å². The van der Waals surface area contributed by atoms with Gasteiger partial charge in [0.1, 0.15) is 5.69 Å². The van der Waals surface area contributed by atoms with E-state index in [1.165, 1.54) is 17.7 Å². The molecule has 1 aliphatic rings. The molecule has 9 heteroatoms. The number of amides is 1. The molecule has 0 bridgehead atoms. The second-order valence-electron chi connectivity index (χ2n) is 6.52. The zero-order valence-electron chi connectivity index (χ0n) is 14.4. The van der Waals surface area contributed by atoms with Crippen LogP contribution >= 0.6 is 0 Å². The molecule has 3 N–H and O–H groups in total. The molecular formula is C16H22N6O3. The number of hydrogen-bond acceptors (Lipinski definition) is 5. The summed E-state index contributed by atoms with van der Waals surface area (Å²) in [7, 11) is 3.15. The smallest absolute Gasteiger partial charge is 0.330 e. The number of H-pyrrole nitrogens is 1. The van der Waals surface area contributed by atoms with Crippen molar-refractivity contribution in [3.05, 3.63) is 50.1 Å². The summed E-state index contributed by atoms with van der Waals surface area (Å²) in [4.78, 5) is 37.3. The van der Waals surface area contributed by atoms with Gasteiger partial charge in [-0.1, -0.05) is 0 Å². The fourth-order valence-electron chi connectivity index (χ4n) is 3.28. The van der Waals surface area contributed by atoms with E-state index in [1.807, 2.05) is 0 Å². The molecule has 0 spiro atoms. The van der Waals surface area contributed by atoms with Crippen LogP contribution in [0, 0.1) is 0 Å². The Kier molecular flexibility index (Phi) is 4.58. The molecule has 3 rings (SSSR count). The van der Waals surface area contributed by atoms with Gasteiger partial charge in [0.15, 0.2) is 0 Å². The van der Waals surface area contributed by atoms with Crippen molar-refractivity contribution in [2.24, 2.45) is 19.8 Å². The lowest BCUT2D eigenvalue weighted by molar-refractivity contribution is 0.0995. The van der Waals surface area contributed by atoms with Crippen LogP contribution in [0.4, 0.5) is 0 Å². The zero-order valence-corrected chi connectivity index (χ0v) is 14.4. The maximum atomic E-state index is 12.1. The predicted molar refractivity (Wildman–Crippen MR) is 91.3 cm³/mol. The highest BCUT2D eigenvalue weighted by atomic mass is 16.2. The van der Waals surface area contributed by atoms with Crippen LogP contribution < -0.4 is 17.0 Å². The third kappa shape index (κ3) is 3.41. The SMILES string of the molecule is Cn1c(CN2CCCC(c3cc(C(N)=O)n[nH]3)C2)cc(=O)n(C)c1=O. The van der Waals surface area contributed by atoms with Crippen molar-refractivity contribution >= 4 is 5.91 Å². The van der Waals surface area contributed by atoms with Crippen LogP contribution in [-0.4, -0.2) is 43.2 Å². The van der Waals surface area contributed by atoms with Crippen LogP contribution in [0.1, 0.15) is 40.6 Å². The van der Waals surface area contributed by atoms with Gasteiger partial charge in [0, 0.05) is 50.6 Å². The molecule has 0 radical (unpaired) electrons. The maximum absolute atomic E-state index is 12.1. The maximum Gasteiger partial charge on any atom is 0.330 e. The molecule has 1 saturated heterocycles. The Bertz CT molecular complexity index is 909. The number of rotatable bonds is 4. The average Bonchev–Trinajstić information content (AvgIpc) is 3.08. The molecule has 0 aliphatic carbocycles. The van der Waals surface area contributed by atoms with Crippen molar-refractivity contribution < 1.29 is 4.79 Å². The normalized spacial score (nSPS) is 18.4. The minimum atomic E-state index is -0.551. The lowest BCUT2D eigenvalue weighted by Gasteiger charge is -2.32. The summed E-state index contributed by atoms with van der Waals surface area (Å²) in [5.74, 6) is -0.344. The van der Waals surface area contributed by atoms with Crippen molar-refractivity contribution in [3.8, 4) is 0 Å². The summed E-state index contributed by atoms with van der Waals surface area (Å²) >= 11 is 0. The van der Waals surface area contributed by atoms with Gasteiger partial charge in [-0.2, -0.15) is 5.10 Å². The summed E-state index contributed by atoms with van der Waals surface area (Å²) in [5.41, 5.74) is 6.44. The van der Waals surface area contributed by atoms with E-state index >= 15 is 0 Å². The summed E-state index contributed by atoms with van der Waals surface area (Å²) in [6, 6.07) is 3.21. The van der Waals surface area contributed by atoms with Crippen LogP contribution in [0.3, 0.4) is 0 Å². The number of aromatic amines is 1. The summed E-state index contributed by atoms with van der Waals surface area (Å²) in [5, 5.41) is 6.83. The molecule has 3 heterocycles. The van der Waals surface area contributed by atoms with Gasteiger partial charge in [0.25, 0.3) is 11.5 Å². The molecule has 1 amide bonds. The Balaban J connectivity index is 1.77. The molecule has 2 aromatic heterocycles. The van der Waals surface area contributed by atoms with Crippen LogP contribution in [0.2, 0.25) is 0 Å². The highest BCUT2D eigenvalue weighted by Gasteiger charge is 2.24. The Morgan fingerprint density at radius 2 is 2.08 bits per heavy atom. The minimum Gasteiger partial charge on any atom is -0.364 e. The first kappa shape index (κ1) is 17.2.